The number of hydrogen-bond donors (Lipinski definition) is 0. The maximum atomic E-state index is 14.2. The highest BCUT2D eigenvalue weighted by Gasteiger charge is 2.13. The van der Waals surface area contributed by atoms with Crippen LogP contribution in [0.3, 0.4) is 0 Å². The summed E-state index contributed by atoms with van der Waals surface area (Å²) in [4.78, 5) is 4.45. The van der Waals surface area contributed by atoms with Gasteiger partial charge in [-0.05, 0) is 41.3 Å². The van der Waals surface area contributed by atoms with E-state index in [0.29, 0.717) is 23.5 Å². The Hall–Kier alpha value is -3.15. The lowest BCUT2D eigenvalue weighted by molar-refractivity contribution is 0.200. The first kappa shape index (κ1) is 20.6. The fraction of sp³-hybridized carbons (Fsp3) is 0.174. The molecule has 0 atom stereocenters. The second-order valence-corrected chi connectivity index (χ2v) is 6.43. The van der Waals surface area contributed by atoms with Gasteiger partial charge in [-0.2, -0.15) is 0 Å². The average molecular weight is 401 g/mol. The Labute approximate surface area is 166 Å². The zero-order valence-corrected chi connectivity index (χ0v) is 15.7. The minimum absolute atomic E-state index is 0.308. The molecule has 0 N–H and O–H groups in total. The molecule has 0 saturated carbocycles. The molecular weight excluding hydrogens is 382 g/mol. The monoisotopic (exact) mass is 401 g/mol. The Morgan fingerprint density at radius 2 is 1.59 bits per heavy atom. The second-order valence-electron chi connectivity index (χ2n) is 6.43. The zero-order valence-electron chi connectivity index (χ0n) is 15.7. The molecule has 6 heteroatoms. The van der Waals surface area contributed by atoms with E-state index in [1.165, 1.54) is 5.56 Å². The third kappa shape index (κ3) is 5.22. The molecule has 0 radical (unpaired) electrons. The van der Waals surface area contributed by atoms with Crippen molar-refractivity contribution in [2.24, 2.45) is 0 Å². The Morgan fingerprint density at radius 1 is 0.931 bits per heavy atom. The summed E-state index contributed by atoms with van der Waals surface area (Å²) < 4.78 is 57.1. The topological polar surface area (TPSA) is 22.1 Å². The van der Waals surface area contributed by atoms with Crippen LogP contribution in [-0.4, -0.2) is 11.4 Å². The second kappa shape index (κ2) is 9.37. The van der Waals surface area contributed by atoms with E-state index in [-0.39, 0.29) is 0 Å². The largest absolute Gasteiger partial charge is 0.459 e. The fourth-order valence-corrected chi connectivity index (χ4v) is 2.87. The molecule has 3 aromatic rings. The van der Waals surface area contributed by atoms with Crippen molar-refractivity contribution >= 4 is 0 Å². The van der Waals surface area contributed by atoms with Gasteiger partial charge in [0.2, 0.25) is 0 Å². The molecular formula is C23H19F4NO. The van der Waals surface area contributed by atoms with Gasteiger partial charge >= 0.3 is 0 Å². The lowest BCUT2D eigenvalue weighted by Gasteiger charge is -2.09. The van der Waals surface area contributed by atoms with Gasteiger partial charge in [-0.15, -0.1) is 0 Å². The minimum atomic E-state index is -2.77. The summed E-state index contributed by atoms with van der Waals surface area (Å²) in [5.41, 5.74) is 3.77. The quantitative estimate of drug-likeness (QED) is 0.321. The summed E-state index contributed by atoms with van der Waals surface area (Å²) in [5, 5.41) is 0. The van der Waals surface area contributed by atoms with Gasteiger partial charge in [-0.3, -0.25) is 4.98 Å². The van der Waals surface area contributed by atoms with Crippen molar-refractivity contribution in [2.45, 2.75) is 26.2 Å². The van der Waals surface area contributed by atoms with E-state index in [0.717, 1.165) is 36.2 Å². The number of allylic oxidation sites excluding steroid dienone is 1. The van der Waals surface area contributed by atoms with Crippen molar-refractivity contribution in [3.05, 3.63) is 84.3 Å². The number of pyridine rings is 1. The lowest BCUT2D eigenvalue weighted by Crippen LogP contribution is -1.95. The van der Waals surface area contributed by atoms with E-state index in [9.17, 15) is 17.6 Å². The summed E-state index contributed by atoms with van der Waals surface area (Å²) >= 11 is 0. The summed E-state index contributed by atoms with van der Waals surface area (Å²) in [6.07, 6.45) is 2.07. The van der Waals surface area contributed by atoms with Crippen LogP contribution in [0.5, 0.6) is 5.75 Å². The van der Waals surface area contributed by atoms with Crippen LogP contribution in [0, 0.1) is 11.6 Å². The molecule has 3 rings (SSSR count). The van der Waals surface area contributed by atoms with Crippen molar-refractivity contribution in [3.8, 4) is 28.1 Å². The van der Waals surface area contributed by atoms with Gasteiger partial charge in [0.1, 0.15) is 0 Å². The number of halogens is 4. The Balaban J connectivity index is 1.80. The molecule has 1 heterocycles. The first-order chi connectivity index (χ1) is 14.0. The van der Waals surface area contributed by atoms with Crippen LogP contribution >= 0.6 is 0 Å². The van der Waals surface area contributed by atoms with Crippen LogP contribution in [-0.2, 0) is 6.42 Å². The molecule has 29 heavy (non-hydrogen) atoms. The summed E-state index contributed by atoms with van der Waals surface area (Å²) in [7, 11) is 0. The van der Waals surface area contributed by atoms with E-state index < -0.39 is 23.8 Å². The van der Waals surface area contributed by atoms with Gasteiger partial charge in [0.05, 0.1) is 12.0 Å². The summed E-state index contributed by atoms with van der Waals surface area (Å²) in [6, 6.07) is 13.3. The van der Waals surface area contributed by atoms with Crippen molar-refractivity contribution in [1.82, 2.24) is 4.98 Å². The number of alkyl halides is 2. The molecule has 2 nitrogen and oxygen atoms in total. The molecule has 0 aliphatic carbocycles. The van der Waals surface area contributed by atoms with Gasteiger partial charge in [0.25, 0.3) is 6.43 Å². The first-order valence-electron chi connectivity index (χ1n) is 9.14. The Morgan fingerprint density at radius 3 is 2.14 bits per heavy atom. The van der Waals surface area contributed by atoms with E-state index in [4.69, 9.17) is 0 Å². The normalized spacial score (nSPS) is 11.4. The van der Waals surface area contributed by atoms with Crippen LogP contribution in [0.15, 0.2) is 67.1 Å². The third-order valence-electron chi connectivity index (χ3n) is 4.29. The molecule has 0 bridgehead atoms. The van der Waals surface area contributed by atoms with Gasteiger partial charge in [-0.1, -0.05) is 43.7 Å². The number of ether oxygens (including phenoxy) is 1. The van der Waals surface area contributed by atoms with Crippen molar-refractivity contribution in [3.63, 3.8) is 0 Å². The molecule has 0 saturated heterocycles. The minimum Gasteiger partial charge on any atom is -0.459 e. The van der Waals surface area contributed by atoms with Crippen molar-refractivity contribution < 1.29 is 22.3 Å². The summed E-state index contributed by atoms with van der Waals surface area (Å²) in [6.45, 7) is 2.11. The van der Waals surface area contributed by atoms with Gasteiger partial charge in [0, 0.05) is 17.8 Å². The van der Waals surface area contributed by atoms with Gasteiger partial charge in [-0.25, -0.2) is 17.6 Å². The molecule has 0 aliphatic rings. The van der Waals surface area contributed by atoms with E-state index in [1.807, 2.05) is 30.5 Å². The number of aromatic nitrogens is 1. The highest BCUT2D eigenvalue weighted by Crippen LogP contribution is 2.30. The molecule has 150 valence electrons. The van der Waals surface area contributed by atoms with Crippen molar-refractivity contribution in [2.75, 3.05) is 0 Å². The number of nitrogens with zero attached hydrogens (tertiary/aromatic N) is 1. The van der Waals surface area contributed by atoms with Crippen LogP contribution in [0.25, 0.3) is 22.4 Å². The summed E-state index contributed by atoms with van der Waals surface area (Å²) in [5.74, 6) is -2.68. The van der Waals surface area contributed by atoms with Gasteiger partial charge < -0.3 is 4.74 Å². The van der Waals surface area contributed by atoms with Crippen LogP contribution in [0.4, 0.5) is 17.6 Å². The van der Waals surface area contributed by atoms with Crippen LogP contribution < -0.4 is 4.74 Å². The highest BCUT2D eigenvalue weighted by molar-refractivity contribution is 5.69. The SMILES string of the molecule is CCCc1ccc(-c2ccc(-c3cc(F)c(O/C=C/C(F)F)c(F)c3)cc2)nc1. The van der Waals surface area contributed by atoms with Crippen molar-refractivity contribution in [1.29, 1.82) is 0 Å². The molecule has 0 unspecified atom stereocenters. The highest BCUT2D eigenvalue weighted by atomic mass is 19.3. The zero-order chi connectivity index (χ0) is 20.8. The smallest absolute Gasteiger partial charge is 0.260 e. The predicted molar refractivity (Wildman–Crippen MR) is 105 cm³/mol. The average Bonchev–Trinajstić information content (AvgIpc) is 2.71. The maximum Gasteiger partial charge on any atom is 0.260 e. The molecule has 2 aromatic carbocycles. The molecule has 0 fully saturated rings. The molecule has 1 aromatic heterocycles. The van der Waals surface area contributed by atoms with Gasteiger partial charge in [0.15, 0.2) is 17.4 Å². The predicted octanol–water partition coefficient (Wildman–Crippen LogP) is 6.80. The van der Waals surface area contributed by atoms with E-state index in [1.54, 1.807) is 12.1 Å². The first-order valence-corrected chi connectivity index (χ1v) is 9.14. The lowest BCUT2D eigenvalue weighted by atomic mass is 10.0. The standard InChI is InChI=1S/C23H19F4NO/c1-2-3-15-4-9-21(28-14-15)17-7-5-16(6-8-17)18-12-19(24)23(20(25)13-18)29-11-10-22(26)27/h4-14,22H,2-3H2,1H3/b11-10+. The fourth-order valence-electron chi connectivity index (χ4n) is 2.87. The third-order valence-corrected chi connectivity index (χ3v) is 4.29. The number of hydrogen-bond acceptors (Lipinski definition) is 2. The van der Waals surface area contributed by atoms with E-state index >= 15 is 0 Å². The molecule has 0 spiro atoms. The van der Waals surface area contributed by atoms with Crippen LogP contribution in [0.1, 0.15) is 18.9 Å². The van der Waals surface area contributed by atoms with E-state index in [2.05, 4.69) is 16.6 Å². The Kier molecular flexibility index (Phi) is 6.65. The molecule has 0 aliphatic heterocycles. The van der Waals surface area contributed by atoms with Crippen LogP contribution in [0.2, 0.25) is 0 Å². The maximum absolute atomic E-state index is 14.2. The number of rotatable bonds is 7. The number of benzene rings is 2. The Bertz CT molecular complexity index is 960. The number of aryl methyl sites for hydroxylation is 1. The molecule has 0 amide bonds.